The summed E-state index contributed by atoms with van der Waals surface area (Å²) in [5.74, 6) is 0.417. The molecule has 0 fully saturated rings. The Balaban J connectivity index is 1.67. The molecule has 126 valence electrons. The van der Waals surface area contributed by atoms with Gasteiger partial charge >= 0.3 is 7.48 Å². The van der Waals surface area contributed by atoms with E-state index in [2.05, 4.69) is 4.98 Å². The van der Waals surface area contributed by atoms with Crippen LogP contribution in [0, 0.1) is 5.82 Å². The third-order valence-corrected chi connectivity index (χ3v) is 4.46. The lowest BCUT2D eigenvalue weighted by atomic mass is 9.81. The molecule has 0 radical (unpaired) electrons. The Bertz CT molecular complexity index is 1060. The van der Waals surface area contributed by atoms with Gasteiger partial charge in [-0.3, -0.25) is 4.98 Å². The average molecular weight is 362 g/mol. The average Bonchev–Trinajstić information content (AvgIpc) is 2.67. The van der Waals surface area contributed by atoms with Crippen molar-refractivity contribution in [2.45, 2.75) is 0 Å². The Hall–Kier alpha value is -2.85. The van der Waals surface area contributed by atoms with E-state index in [1.807, 2.05) is 42.5 Å². The number of pyridine rings is 1. The number of para-hydroxylation sites is 1. The molecule has 2 nitrogen and oxygen atoms in total. The molecule has 1 aromatic heterocycles. The molecule has 5 heteroatoms. The third-order valence-electron chi connectivity index (χ3n) is 4.21. The lowest BCUT2D eigenvalue weighted by molar-refractivity contribution is 0.610. The van der Waals surface area contributed by atoms with Crippen LogP contribution in [0.5, 0.6) is 5.75 Å². The van der Waals surface area contributed by atoms with E-state index < -0.39 is 0 Å². The summed E-state index contributed by atoms with van der Waals surface area (Å²) in [5.41, 5.74) is 3.38. The zero-order valence-electron chi connectivity index (χ0n) is 13.8. The number of nitrogens with zero attached hydrogens (tertiary/aromatic N) is 1. The van der Waals surface area contributed by atoms with E-state index in [1.54, 1.807) is 24.4 Å². The van der Waals surface area contributed by atoms with E-state index in [0.29, 0.717) is 18.3 Å². The third kappa shape index (κ3) is 3.42. The first-order valence-corrected chi connectivity index (χ1v) is 8.59. The maximum atomic E-state index is 13.8. The van der Waals surface area contributed by atoms with E-state index in [9.17, 15) is 4.39 Å². The number of benzene rings is 3. The lowest BCUT2D eigenvalue weighted by Gasteiger charge is -2.12. The molecule has 0 aliphatic heterocycles. The predicted molar refractivity (Wildman–Crippen MR) is 106 cm³/mol. The summed E-state index contributed by atoms with van der Waals surface area (Å²) in [5, 5.41) is 1.66. The van der Waals surface area contributed by atoms with Crippen LogP contribution in [0.4, 0.5) is 4.39 Å². The Morgan fingerprint density at radius 1 is 0.923 bits per heavy atom. The monoisotopic (exact) mass is 361 g/mol. The standard InChI is InChI=1S/C21H14BClFNO/c23-16-8-6-14(7-9-16)18-13-17(24)10-11-19(18)22-26-20-5-1-3-15-4-2-12-25-21(15)20/h1-13,22H. The summed E-state index contributed by atoms with van der Waals surface area (Å²) in [4.78, 5) is 4.40. The summed E-state index contributed by atoms with van der Waals surface area (Å²) in [6.45, 7) is 0. The van der Waals surface area contributed by atoms with Gasteiger partial charge in [-0.1, -0.05) is 48.0 Å². The van der Waals surface area contributed by atoms with Gasteiger partial charge in [0.15, 0.2) is 0 Å². The molecule has 0 unspecified atom stereocenters. The Kier molecular flexibility index (Phi) is 4.59. The summed E-state index contributed by atoms with van der Waals surface area (Å²) in [7, 11) is 0.313. The Morgan fingerprint density at radius 3 is 2.58 bits per heavy atom. The van der Waals surface area contributed by atoms with Crippen molar-refractivity contribution in [1.82, 2.24) is 4.98 Å². The van der Waals surface area contributed by atoms with Crippen LogP contribution in [-0.2, 0) is 0 Å². The molecule has 4 aromatic rings. The van der Waals surface area contributed by atoms with Crippen molar-refractivity contribution in [3.63, 3.8) is 0 Å². The molecule has 0 aliphatic carbocycles. The van der Waals surface area contributed by atoms with Crippen LogP contribution in [-0.4, -0.2) is 12.5 Å². The molecule has 1 heterocycles. The first-order valence-electron chi connectivity index (χ1n) is 8.21. The molecule has 0 atom stereocenters. The van der Waals surface area contributed by atoms with Crippen molar-refractivity contribution in [3.05, 3.63) is 89.8 Å². The number of hydrogen-bond donors (Lipinski definition) is 0. The highest BCUT2D eigenvalue weighted by Crippen LogP contribution is 2.24. The summed E-state index contributed by atoms with van der Waals surface area (Å²) in [6, 6.07) is 21.7. The van der Waals surface area contributed by atoms with Gasteiger partial charge in [-0.25, -0.2) is 4.39 Å². The van der Waals surface area contributed by atoms with Crippen LogP contribution < -0.4 is 10.1 Å². The Labute approximate surface area is 156 Å². The largest absolute Gasteiger partial charge is 0.558 e. The number of rotatable bonds is 4. The van der Waals surface area contributed by atoms with E-state index in [1.165, 1.54) is 12.1 Å². The van der Waals surface area contributed by atoms with E-state index in [4.69, 9.17) is 16.3 Å². The van der Waals surface area contributed by atoms with Gasteiger partial charge in [-0.2, -0.15) is 0 Å². The second-order valence-corrected chi connectivity index (χ2v) is 6.36. The van der Waals surface area contributed by atoms with Crippen LogP contribution >= 0.6 is 11.6 Å². The molecule has 0 amide bonds. The molecule has 3 aromatic carbocycles. The van der Waals surface area contributed by atoms with Crippen LogP contribution in [0.25, 0.3) is 22.0 Å². The minimum atomic E-state index is -0.287. The maximum Gasteiger partial charge on any atom is 0.374 e. The first kappa shape index (κ1) is 16.6. The predicted octanol–water partition coefficient (Wildman–Crippen LogP) is 4.75. The highest BCUT2D eigenvalue weighted by Gasteiger charge is 2.11. The minimum absolute atomic E-state index is 0.287. The zero-order chi connectivity index (χ0) is 17.9. The van der Waals surface area contributed by atoms with Crippen molar-refractivity contribution in [2.75, 3.05) is 0 Å². The first-order chi connectivity index (χ1) is 12.7. The molecule has 0 N–H and O–H groups in total. The van der Waals surface area contributed by atoms with Gasteiger partial charge < -0.3 is 4.65 Å². The quantitative estimate of drug-likeness (QED) is 0.489. The van der Waals surface area contributed by atoms with Gasteiger partial charge in [0.2, 0.25) is 0 Å². The number of fused-ring (bicyclic) bond motifs is 1. The van der Waals surface area contributed by atoms with Gasteiger partial charge in [-0.05, 0) is 53.0 Å². The smallest absolute Gasteiger partial charge is 0.374 e. The number of aromatic nitrogens is 1. The van der Waals surface area contributed by atoms with Gasteiger partial charge in [0.1, 0.15) is 17.1 Å². The van der Waals surface area contributed by atoms with Crippen molar-refractivity contribution in [1.29, 1.82) is 0 Å². The second-order valence-electron chi connectivity index (χ2n) is 5.93. The summed E-state index contributed by atoms with van der Waals surface area (Å²) >= 11 is 5.96. The fraction of sp³-hybridized carbons (Fsp3) is 0. The molecule has 4 rings (SSSR count). The fourth-order valence-electron chi connectivity index (χ4n) is 2.92. The zero-order valence-corrected chi connectivity index (χ0v) is 14.6. The molecule has 0 saturated carbocycles. The van der Waals surface area contributed by atoms with Gasteiger partial charge in [0.05, 0.1) is 0 Å². The highest BCUT2D eigenvalue weighted by atomic mass is 35.5. The molecule has 0 spiro atoms. The normalized spacial score (nSPS) is 10.7. The summed E-state index contributed by atoms with van der Waals surface area (Å²) in [6.07, 6.45) is 1.74. The topological polar surface area (TPSA) is 22.1 Å². The van der Waals surface area contributed by atoms with Crippen molar-refractivity contribution < 1.29 is 9.04 Å². The lowest BCUT2D eigenvalue weighted by Crippen LogP contribution is -2.23. The number of halogens is 2. The minimum Gasteiger partial charge on any atom is -0.558 e. The second kappa shape index (κ2) is 7.18. The Morgan fingerprint density at radius 2 is 1.73 bits per heavy atom. The van der Waals surface area contributed by atoms with Crippen molar-refractivity contribution >= 4 is 35.4 Å². The van der Waals surface area contributed by atoms with E-state index >= 15 is 0 Å². The van der Waals surface area contributed by atoms with Crippen LogP contribution in [0.15, 0.2) is 79.0 Å². The fourth-order valence-corrected chi connectivity index (χ4v) is 3.05. The molecule has 0 saturated heterocycles. The van der Waals surface area contributed by atoms with E-state index in [-0.39, 0.29) is 5.82 Å². The molecular formula is C21H14BClFNO. The molecule has 26 heavy (non-hydrogen) atoms. The highest BCUT2D eigenvalue weighted by molar-refractivity contribution is 6.50. The van der Waals surface area contributed by atoms with Crippen LogP contribution in [0.1, 0.15) is 0 Å². The SMILES string of the molecule is Fc1ccc(BOc2cccc3cccnc23)c(-c2ccc(Cl)cc2)c1. The van der Waals surface area contributed by atoms with Gasteiger partial charge in [0, 0.05) is 16.6 Å². The van der Waals surface area contributed by atoms with Crippen molar-refractivity contribution in [2.24, 2.45) is 0 Å². The van der Waals surface area contributed by atoms with E-state index in [0.717, 1.165) is 27.5 Å². The van der Waals surface area contributed by atoms with Gasteiger partial charge in [0.25, 0.3) is 0 Å². The van der Waals surface area contributed by atoms with Crippen LogP contribution in [0.3, 0.4) is 0 Å². The maximum absolute atomic E-state index is 13.8. The van der Waals surface area contributed by atoms with Crippen LogP contribution in [0.2, 0.25) is 5.02 Å². The van der Waals surface area contributed by atoms with Gasteiger partial charge in [-0.15, -0.1) is 0 Å². The van der Waals surface area contributed by atoms with Crippen molar-refractivity contribution in [3.8, 4) is 16.9 Å². The number of hydrogen-bond acceptors (Lipinski definition) is 2. The molecular weight excluding hydrogens is 348 g/mol. The molecule has 0 bridgehead atoms. The molecule has 0 aliphatic rings. The summed E-state index contributed by atoms with van der Waals surface area (Å²) < 4.78 is 19.8.